The number of hydrogen-bond donors (Lipinski definition) is 3. The molecule has 0 amide bonds. The van der Waals surface area contributed by atoms with Gasteiger partial charge in [0.25, 0.3) is 0 Å². The third-order valence-corrected chi connectivity index (χ3v) is 4.82. The predicted octanol–water partition coefficient (Wildman–Crippen LogP) is 4.46. The van der Waals surface area contributed by atoms with Gasteiger partial charge in [0.15, 0.2) is 5.96 Å². The maximum absolute atomic E-state index is 10.8. The van der Waals surface area contributed by atoms with Crippen LogP contribution in [0.2, 0.25) is 0 Å². The number of guanidine groups is 1. The number of rotatable bonds is 9. The van der Waals surface area contributed by atoms with E-state index in [1.165, 1.54) is 0 Å². The van der Waals surface area contributed by atoms with Gasteiger partial charge in [-0.3, -0.25) is 0 Å². The fourth-order valence-corrected chi connectivity index (χ4v) is 3.02. The first-order chi connectivity index (χ1) is 15.5. The Morgan fingerprint density at radius 3 is 2.45 bits per heavy atom. The molecular weight excluding hydrogens is 531 g/mol. The van der Waals surface area contributed by atoms with Crippen LogP contribution in [0, 0.1) is 0 Å². The van der Waals surface area contributed by atoms with E-state index in [1.807, 2.05) is 67.6 Å². The lowest BCUT2D eigenvalue weighted by atomic mass is 9.96. The van der Waals surface area contributed by atoms with Gasteiger partial charge < -0.3 is 25.2 Å². The molecule has 3 rings (SSSR count). The van der Waals surface area contributed by atoms with Gasteiger partial charge in [0.1, 0.15) is 17.1 Å². The monoisotopic (exact) mass is 562 g/mol. The van der Waals surface area contributed by atoms with Crippen molar-refractivity contribution >= 4 is 29.9 Å². The highest BCUT2D eigenvalue weighted by molar-refractivity contribution is 14.0. The molecule has 1 heterocycles. The number of methoxy groups -OCH3 is 1. The molecule has 7 nitrogen and oxygen atoms in total. The number of nitrogens with zero attached hydrogens (tertiary/aromatic N) is 2. The third-order valence-electron chi connectivity index (χ3n) is 4.82. The first-order valence-corrected chi connectivity index (χ1v) is 10.6. The molecule has 3 aromatic rings. The first kappa shape index (κ1) is 26.4. The van der Waals surface area contributed by atoms with E-state index >= 15 is 0 Å². The van der Waals surface area contributed by atoms with E-state index in [2.05, 4.69) is 20.6 Å². The largest absolute Gasteiger partial charge is 0.497 e. The highest BCUT2D eigenvalue weighted by atomic mass is 127. The molecule has 1 unspecified atom stereocenters. The van der Waals surface area contributed by atoms with Crippen molar-refractivity contribution in [2.24, 2.45) is 4.99 Å². The normalized spacial score (nSPS) is 12.8. The van der Waals surface area contributed by atoms with Gasteiger partial charge in [0.2, 0.25) is 5.88 Å². The van der Waals surface area contributed by atoms with Crippen molar-refractivity contribution in [2.45, 2.75) is 26.0 Å². The summed E-state index contributed by atoms with van der Waals surface area (Å²) in [6.45, 7) is 5.26. The predicted molar refractivity (Wildman–Crippen MR) is 142 cm³/mol. The number of aliphatic imine (C=N–C) groups is 1. The minimum atomic E-state index is -1.02. The Kier molecular flexibility index (Phi) is 10.4. The standard InChI is InChI=1S/C25H30N4O3.HI/c1-4-26-24(29-18-25(2,30)20-9-6-5-7-10-20)28-17-19-13-14-23(27-16-19)32-22-12-8-11-21(15-22)31-3;/h5-16,30H,4,17-18H2,1-3H3,(H2,26,28,29);1H. The van der Waals surface area contributed by atoms with Crippen LogP contribution in [0.4, 0.5) is 0 Å². The van der Waals surface area contributed by atoms with Crippen molar-refractivity contribution in [3.63, 3.8) is 0 Å². The van der Waals surface area contributed by atoms with Crippen molar-refractivity contribution in [3.8, 4) is 17.4 Å². The minimum absolute atomic E-state index is 0. The number of benzene rings is 2. The number of nitrogens with one attached hydrogen (secondary N) is 2. The summed E-state index contributed by atoms with van der Waals surface area (Å²) in [5.74, 6) is 2.50. The molecule has 0 aliphatic rings. The van der Waals surface area contributed by atoms with Crippen LogP contribution in [0.15, 0.2) is 77.9 Å². The van der Waals surface area contributed by atoms with Crippen LogP contribution in [-0.2, 0) is 12.1 Å². The summed E-state index contributed by atoms with van der Waals surface area (Å²) < 4.78 is 11.0. The zero-order valence-electron chi connectivity index (χ0n) is 19.1. The average Bonchev–Trinajstić information content (AvgIpc) is 2.82. The molecule has 33 heavy (non-hydrogen) atoms. The zero-order chi connectivity index (χ0) is 22.8. The van der Waals surface area contributed by atoms with Crippen LogP contribution in [0.3, 0.4) is 0 Å². The van der Waals surface area contributed by atoms with E-state index in [0.29, 0.717) is 37.2 Å². The van der Waals surface area contributed by atoms with Gasteiger partial charge in [-0.15, -0.1) is 24.0 Å². The highest BCUT2D eigenvalue weighted by Gasteiger charge is 2.22. The second-order valence-electron chi connectivity index (χ2n) is 7.47. The van der Waals surface area contributed by atoms with Gasteiger partial charge in [0, 0.05) is 24.9 Å². The minimum Gasteiger partial charge on any atom is -0.497 e. The summed E-state index contributed by atoms with van der Waals surface area (Å²) in [5, 5.41) is 17.2. The number of aliphatic hydroxyl groups is 1. The average molecular weight is 562 g/mol. The van der Waals surface area contributed by atoms with Crippen molar-refractivity contribution in [2.75, 3.05) is 20.2 Å². The third kappa shape index (κ3) is 8.21. The summed E-state index contributed by atoms with van der Waals surface area (Å²) >= 11 is 0. The number of ether oxygens (including phenoxy) is 2. The number of pyridine rings is 1. The Bertz CT molecular complexity index is 1010. The van der Waals surface area contributed by atoms with E-state index in [4.69, 9.17) is 9.47 Å². The molecule has 0 saturated heterocycles. The Hall–Kier alpha value is -2.85. The highest BCUT2D eigenvalue weighted by Crippen LogP contribution is 2.24. The van der Waals surface area contributed by atoms with Crippen LogP contribution in [-0.4, -0.2) is 36.2 Å². The van der Waals surface area contributed by atoms with Crippen LogP contribution in [0.1, 0.15) is 25.0 Å². The fourth-order valence-electron chi connectivity index (χ4n) is 3.02. The Morgan fingerprint density at radius 2 is 1.79 bits per heavy atom. The fraction of sp³-hybridized carbons (Fsp3) is 0.280. The SMILES string of the molecule is CCNC(=NCc1ccc(Oc2cccc(OC)c2)nc1)NCC(C)(O)c1ccccc1.I. The molecule has 0 aliphatic heterocycles. The molecule has 1 aromatic heterocycles. The smallest absolute Gasteiger partial charge is 0.219 e. The van der Waals surface area contributed by atoms with Gasteiger partial charge in [-0.05, 0) is 37.1 Å². The summed E-state index contributed by atoms with van der Waals surface area (Å²) in [5.41, 5.74) is 0.771. The van der Waals surface area contributed by atoms with E-state index in [1.54, 1.807) is 26.3 Å². The molecule has 0 aliphatic carbocycles. The van der Waals surface area contributed by atoms with Gasteiger partial charge in [-0.25, -0.2) is 9.98 Å². The van der Waals surface area contributed by atoms with Crippen LogP contribution >= 0.6 is 24.0 Å². The van der Waals surface area contributed by atoms with Gasteiger partial charge in [-0.1, -0.05) is 42.5 Å². The van der Waals surface area contributed by atoms with Crippen LogP contribution in [0.5, 0.6) is 17.4 Å². The first-order valence-electron chi connectivity index (χ1n) is 10.6. The topological polar surface area (TPSA) is 88.0 Å². The lowest BCUT2D eigenvalue weighted by molar-refractivity contribution is 0.0617. The van der Waals surface area contributed by atoms with Crippen molar-refractivity contribution in [3.05, 3.63) is 84.1 Å². The molecule has 2 aromatic carbocycles. The van der Waals surface area contributed by atoms with Crippen LogP contribution < -0.4 is 20.1 Å². The van der Waals surface area contributed by atoms with E-state index in [-0.39, 0.29) is 24.0 Å². The lowest BCUT2D eigenvalue weighted by Crippen LogP contribution is -2.44. The molecule has 0 spiro atoms. The molecule has 0 radical (unpaired) electrons. The second kappa shape index (κ2) is 13.0. The number of aromatic nitrogens is 1. The second-order valence-corrected chi connectivity index (χ2v) is 7.47. The molecule has 1 atom stereocenters. The Morgan fingerprint density at radius 1 is 1.03 bits per heavy atom. The van der Waals surface area contributed by atoms with Crippen molar-refractivity contribution < 1.29 is 14.6 Å². The molecule has 0 saturated carbocycles. The summed E-state index contributed by atoms with van der Waals surface area (Å²) in [6.07, 6.45) is 1.74. The lowest BCUT2D eigenvalue weighted by Gasteiger charge is -2.25. The summed E-state index contributed by atoms with van der Waals surface area (Å²) in [6, 6.07) is 20.7. The van der Waals surface area contributed by atoms with E-state index in [9.17, 15) is 5.11 Å². The quantitative estimate of drug-likeness (QED) is 0.203. The molecule has 176 valence electrons. The van der Waals surface area contributed by atoms with E-state index < -0.39 is 5.60 Å². The molecule has 0 fully saturated rings. The Labute approximate surface area is 212 Å². The molecule has 3 N–H and O–H groups in total. The Balaban J connectivity index is 0.00000385. The van der Waals surface area contributed by atoms with Gasteiger partial charge in [-0.2, -0.15) is 0 Å². The summed E-state index contributed by atoms with van der Waals surface area (Å²) in [4.78, 5) is 8.97. The number of halogens is 1. The van der Waals surface area contributed by atoms with Gasteiger partial charge >= 0.3 is 0 Å². The van der Waals surface area contributed by atoms with Crippen molar-refractivity contribution in [1.29, 1.82) is 0 Å². The maximum atomic E-state index is 10.8. The molecule has 0 bridgehead atoms. The van der Waals surface area contributed by atoms with Gasteiger partial charge in [0.05, 0.1) is 20.2 Å². The molecule has 8 heteroatoms. The van der Waals surface area contributed by atoms with Crippen LogP contribution in [0.25, 0.3) is 0 Å². The zero-order valence-corrected chi connectivity index (χ0v) is 21.4. The van der Waals surface area contributed by atoms with E-state index in [0.717, 1.165) is 16.9 Å². The number of hydrogen-bond acceptors (Lipinski definition) is 5. The summed E-state index contributed by atoms with van der Waals surface area (Å²) in [7, 11) is 1.62. The molecular formula is C25H31IN4O3. The van der Waals surface area contributed by atoms with Crippen molar-refractivity contribution in [1.82, 2.24) is 15.6 Å². The maximum Gasteiger partial charge on any atom is 0.219 e.